The Balaban J connectivity index is 1.59. The number of benzene rings is 1. The molecule has 2 aromatic rings. The van der Waals surface area contributed by atoms with Crippen LogP contribution >= 0.6 is 0 Å². The van der Waals surface area contributed by atoms with E-state index in [1.54, 1.807) is 0 Å². The van der Waals surface area contributed by atoms with Gasteiger partial charge >= 0.3 is 0 Å². The molecule has 2 aliphatic rings. The quantitative estimate of drug-likeness (QED) is 0.771. The predicted octanol–water partition coefficient (Wildman–Crippen LogP) is 3.59. The van der Waals surface area contributed by atoms with Crippen LogP contribution in [0.5, 0.6) is 0 Å². The van der Waals surface area contributed by atoms with Crippen molar-refractivity contribution in [2.45, 2.75) is 46.6 Å². The van der Waals surface area contributed by atoms with Gasteiger partial charge in [0.05, 0.1) is 19.3 Å². The number of aromatic nitrogens is 1. The number of rotatable bonds is 5. The molecule has 166 valence electrons. The van der Waals surface area contributed by atoms with Crippen LogP contribution in [0.2, 0.25) is 0 Å². The third kappa shape index (κ3) is 4.75. The second kappa shape index (κ2) is 8.60. The van der Waals surface area contributed by atoms with Crippen molar-refractivity contribution in [3.05, 3.63) is 57.9 Å². The lowest BCUT2D eigenvalue weighted by Crippen LogP contribution is -2.43. The number of aromatic amines is 1. The molecule has 0 saturated carbocycles. The number of hydrogen-bond donors (Lipinski definition) is 2. The second-order valence-corrected chi connectivity index (χ2v) is 9.77. The molecule has 0 radical (unpaired) electrons. The smallest absolute Gasteiger partial charge is 0.268 e. The van der Waals surface area contributed by atoms with Gasteiger partial charge in [-0.15, -0.1) is 0 Å². The highest BCUT2D eigenvalue weighted by atomic mass is 16.5. The highest BCUT2D eigenvalue weighted by Crippen LogP contribution is 2.36. The predicted molar refractivity (Wildman–Crippen MR) is 121 cm³/mol. The molecule has 1 aliphatic carbocycles. The summed E-state index contributed by atoms with van der Waals surface area (Å²) in [6.07, 6.45) is 1.29. The topological polar surface area (TPSA) is 74.4 Å². The monoisotopic (exact) mass is 423 g/mol. The average Bonchev–Trinajstić information content (AvgIpc) is 3.04. The molecule has 0 bridgehead atoms. The van der Waals surface area contributed by atoms with E-state index in [0.29, 0.717) is 17.7 Å². The fourth-order valence-electron chi connectivity index (χ4n) is 4.77. The summed E-state index contributed by atoms with van der Waals surface area (Å²) >= 11 is 0. The van der Waals surface area contributed by atoms with Gasteiger partial charge < -0.3 is 15.0 Å². The molecule has 31 heavy (non-hydrogen) atoms. The number of morpholine rings is 1. The Hall–Kier alpha value is -2.44. The third-order valence-electron chi connectivity index (χ3n) is 6.46. The van der Waals surface area contributed by atoms with Gasteiger partial charge in [0.15, 0.2) is 5.78 Å². The summed E-state index contributed by atoms with van der Waals surface area (Å²) in [5.74, 6) is -0.0289. The highest BCUT2D eigenvalue weighted by Gasteiger charge is 2.35. The lowest BCUT2D eigenvalue weighted by atomic mass is 9.75. The third-order valence-corrected chi connectivity index (χ3v) is 6.46. The fourth-order valence-corrected chi connectivity index (χ4v) is 4.77. The summed E-state index contributed by atoms with van der Waals surface area (Å²) in [5.41, 5.74) is 5.06. The van der Waals surface area contributed by atoms with Crippen molar-refractivity contribution < 1.29 is 14.3 Å². The van der Waals surface area contributed by atoms with Crippen LogP contribution in [-0.4, -0.2) is 54.4 Å². The highest BCUT2D eigenvalue weighted by molar-refractivity contribution is 6.04. The summed E-state index contributed by atoms with van der Waals surface area (Å²) in [6.45, 7) is 12.0. The summed E-state index contributed by atoms with van der Waals surface area (Å²) in [7, 11) is 0. The molecule has 4 rings (SSSR count). The van der Waals surface area contributed by atoms with Crippen molar-refractivity contribution in [1.82, 2.24) is 15.2 Å². The minimum absolute atomic E-state index is 0.0874. The molecular formula is C25H33N3O3. The largest absolute Gasteiger partial charge is 0.379 e. The summed E-state index contributed by atoms with van der Waals surface area (Å²) in [6, 6.07) is 8.18. The Labute approximate surface area is 184 Å². The molecule has 1 aliphatic heterocycles. The molecule has 2 N–H and O–H groups in total. The van der Waals surface area contributed by atoms with Gasteiger partial charge in [0, 0.05) is 37.3 Å². The van der Waals surface area contributed by atoms with Crippen LogP contribution in [0.25, 0.3) is 0 Å². The van der Waals surface area contributed by atoms with Crippen LogP contribution < -0.4 is 5.32 Å². The zero-order chi connectivity index (χ0) is 22.2. The molecule has 2 heterocycles. The van der Waals surface area contributed by atoms with Crippen LogP contribution in [0.1, 0.15) is 69.5 Å². The molecule has 1 unspecified atom stereocenters. The maximum absolute atomic E-state index is 13.3. The lowest BCUT2D eigenvalue weighted by Gasteiger charge is -2.31. The Morgan fingerprint density at radius 1 is 1.16 bits per heavy atom. The van der Waals surface area contributed by atoms with E-state index in [9.17, 15) is 9.59 Å². The van der Waals surface area contributed by atoms with Crippen molar-refractivity contribution in [3.8, 4) is 0 Å². The summed E-state index contributed by atoms with van der Waals surface area (Å²) < 4.78 is 5.48. The molecule has 6 heteroatoms. The minimum atomic E-state index is -0.156. The molecular weight excluding hydrogens is 390 g/mol. The van der Waals surface area contributed by atoms with E-state index in [-0.39, 0.29) is 23.1 Å². The molecule has 1 atom stereocenters. The van der Waals surface area contributed by atoms with E-state index in [0.717, 1.165) is 56.1 Å². The molecule has 1 aromatic carbocycles. The summed E-state index contributed by atoms with van der Waals surface area (Å²) in [5, 5.41) is 3.24. The molecule has 6 nitrogen and oxygen atoms in total. The Kier molecular flexibility index (Phi) is 6.04. The second-order valence-electron chi connectivity index (χ2n) is 9.77. The number of H-pyrrole nitrogens is 1. The van der Waals surface area contributed by atoms with Gasteiger partial charge in [-0.1, -0.05) is 43.7 Å². The number of nitrogens with zero attached hydrogens (tertiary/aromatic N) is 1. The van der Waals surface area contributed by atoms with Crippen LogP contribution in [0.15, 0.2) is 24.3 Å². The number of hydrogen-bond acceptors (Lipinski definition) is 4. The number of amides is 1. The van der Waals surface area contributed by atoms with E-state index < -0.39 is 0 Å². The molecule has 1 aromatic heterocycles. The minimum Gasteiger partial charge on any atom is -0.379 e. The molecule has 1 saturated heterocycles. The van der Waals surface area contributed by atoms with Crippen molar-refractivity contribution >= 4 is 11.7 Å². The number of carbonyl (C=O) groups is 2. The maximum Gasteiger partial charge on any atom is 0.268 e. The van der Waals surface area contributed by atoms with E-state index in [1.807, 2.05) is 6.92 Å². The Bertz CT molecular complexity index is 969. The Morgan fingerprint density at radius 3 is 2.52 bits per heavy atom. The van der Waals surface area contributed by atoms with Crippen LogP contribution in [0.3, 0.4) is 0 Å². The SMILES string of the molecule is Cc1ccc(C(CN2CCOCC2)NC(=O)c2[nH]c3c(c2C)C(=O)CC(C)(C)C3)cc1. The fraction of sp³-hybridized carbons (Fsp3) is 0.520. The van der Waals surface area contributed by atoms with Crippen molar-refractivity contribution in [2.75, 3.05) is 32.8 Å². The van der Waals surface area contributed by atoms with Gasteiger partial charge in [0.25, 0.3) is 5.91 Å². The normalized spacial score (nSPS) is 19.7. The number of ketones is 1. The van der Waals surface area contributed by atoms with E-state index in [4.69, 9.17) is 4.74 Å². The number of aryl methyl sites for hydroxylation is 1. The molecule has 1 amide bonds. The first-order chi connectivity index (χ1) is 14.7. The first kappa shape index (κ1) is 21.8. The maximum atomic E-state index is 13.3. The average molecular weight is 424 g/mol. The van der Waals surface area contributed by atoms with Gasteiger partial charge in [0.2, 0.25) is 0 Å². The standard InChI is InChI=1S/C25H33N3O3/c1-16-5-7-18(8-6-16)20(15-28-9-11-31-12-10-28)27-24(30)23-17(2)22-19(26-23)13-25(3,4)14-21(22)29/h5-8,20,26H,9-15H2,1-4H3,(H,27,30). The zero-order valence-corrected chi connectivity index (χ0v) is 19.0. The van der Waals surface area contributed by atoms with E-state index >= 15 is 0 Å². The van der Waals surface area contributed by atoms with Gasteiger partial charge in [-0.3, -0.25) is 14.5 Å². The molecule has 1 fully saturated rings. The lowest BCUT2D eigenvalue weighted by molar-refractivity contribution is 0.0332. The van der Waals surface area contributed by atoms with Crippen LogP contribution in [0.4, 0.5) is 0 Å². The summed E-state index contributed by atoms with van der Waals surface area (Å²) in [4.78, 5) is 31.7. The first-order valence-electron chi connectivity index (χ1n) is 11.2. The van der Waals surface area contributed by atoms with Crippen molar-refractivity contribution in [2.24, 2.45) is 5.41 Å². The number of Topliss-reactive ketones (excluding diaryl/α,β-unsaturated/α-hetero) is 1. The van der Waals surface area contributed by atoms with Crippen LogP contribution in [0, 0.1) is 19.3 Å². The number of fused-ring (bicyclic) bond motifs is 1. The van der Waals surface area contributed by atoms with Gasteiger partial charge in [-0.05, 0) is 36.8 Å². The first-order valence-corrected chi connectivity index (χ1v) is 11.2. The number of ether oxygens (including phenoxy) is 1. The van der Waals surface area contributed by atoms with Gasteiger partial charge in [0.1, 0.15) is 5.69 Å². The van der Waals surface area contributed by atoms with Gasteiger partial charge in [-0.25, -0.2) is 0 Å². The van der Waals surface area contributed by atoms with E-state index in [1.165, 1.54) is 5.56 Å². The number of carbonyl (C=O) groups excluding carboxylic acids is 2. The van der Waals surface area contributed by atoms with E-state index in [2.05, 4.69) is 60.2 Å². The molecule has 0 spiro atoms. The van der Waals surface area contributed by atoms with Gasteiger partial charge in [-0.2, -0.15) is 0 Å². The van der Waals surface area contributed by atoms with Crippen molar-refractivity contribution in [3.63, 3.8) is 0 Å². The van der Waals surface area contributed by atoms with Crippen molar-refractivity contribution in [1.29, 1.82) is 0 Å². The number of nitrogens with one attached hydrogen (secondary N) is 2. The Morgan fingerprint density at radius 2 is 1.84 bits per heavy atom. The zero-order valence-electron chi connectivity index (χ0n) is 19.0. The van der Waals surface area contributed by atoms with Crippen LogP contribution in [-0.2, 0) is 11.2 Å².